The summed E-state index contributed by atoms with van der Waals surface area (Å²) in [6, 6.07) is 31.6. The first-order valence-electron chi connectivity index (χ1n) is 21.6. The highest BCUT2D eigenvalue weighted by Crippen LogP contribution is 2.38. The van der Waals surface area contributed by atoms with Crippen LogP contribution in [0.5, 0.6) is 23.0 Å². The van der Waals surface area contributed by atoms with Crippen molar-refractivity contribution in [1.82, 2.24) is 0 Å². The van der Waals surface area contributed by atoms with E-state index in [1.54, 1.807) is 48.5 Å². The third-order valence-corrected chi connectivity index (χ3v) is 10.9. The highest BCUT2D eigenvalue weighted by Gasteiger charge is 2.50. The zero-order valence-electron chi connectivity index (χ0n) is 37.7. The van der Waals surface area contributed by atoms with E-state index >= 15 is 0 Å². The Kier molecular flexibility index (Phi) is 17.2. The van der Waals surface area contributed by atoms with E-state index in [-0.39, 0.29) is 35.5 Å². The van der Waals surface area contributed by atoms with E-state index < -0.39 is 77.7 Å². The molecule has 6 N–H and O–H groups in total. The number of halogens is 8. The fourth-order valence-corrected chi connectivity index (χ4v) is 7.08. The Morgan fingerprint density at radius 3 is 1.07 bits per heavy atom. The van der Waals surface area contributed by atoms with Crippen LogP contribution in [-0.2, 0) is 22.4 Å². The number of carbonyl (C=O) groups is 4. The molecule has 0 radical (unpaired) electrons. The molecule has 0 saturated heterocycles. The molecule has 0 heterocycles. The summed E-state index contributed by atoms with van der Waals surface area (Å²) in [7, 11) is 0. The molecule has 73 heavy (non-hydrogen) atoms. The van der Waals surface area contributed by atoms with Crippen LogP contribution in [-0.4, -0.2) is 71.0 Å². The number of ketones is 2. The molecule has 0 spiro atoms. The van der Waals surface area contributed by atoms with E-state index in [2.05, 4.69) is 9.47 Å². The van der Waals surface area contributed by atoms with Gasteiger partial charge >= 0.3 is 37.0 Å². The van der Waals surface area contributed by atoms with E-state index in [9.17, 15) is 64.5 Å². The van der Waals surface area contributed by atoms with Crippen molar-refractivity contribution in [3.05, 3.63) is 191 Å². The van der Waals surface area contributed by atoms with Crippen molar-refractivity contribution >= 4 is 47.0 Å². The van der Waals surface area contributed by atoms with Gasteiger partial charge < -0.3 is 40.6 Å². The number of nitrogens with two attached hydrogens (primary N) is 2. The first kappa shape index (κ1) is 54.0. The molecular formula is C53H42F8N2O10. The largest absolute Gasteiger partial charge is 0.461 e. The summed E-state index contributed by atoms with van der Waals surface area (Å²) in [4.78, 5) is 53.8. The third kappa shape index (κ3) is 14.4. The van der Waals surface area contributed by atoms with E-state index in [0.717, 1.165) is 60.7 Å². The summed E-state index contributed by atoms with van der Waals surface area (Å²) >= 11 is 0. The average Bonchev–Trinajstić information content (AvgIpc) is 3.36. The number of carbonyl (C=O) groups excluding carboxylic acids is 4. The van der Waals surface area contributed by atoms with Gasteiger partial charge in [-0.05, 0) is 144 Å². The minimum atomic E-state index is -4.74. The van der Waals surface area contributed by atoms with Crippen molar-refractivity contribution in [3.63, 3.8) is 0 Å². The van der Waals surface area contributed by atoms with Crippen LogP contribution in [0.25, 0.3) is 12.2 Å². The molecule has 0 aromatic heterocycles. The van der Waals surface area contributed by atoms with E-state index in [4.69, 9.17) is 20.9 Å². The van der Waals surface area contributed by atoms with Crippen molar-refractivity contribution in [3.8, 4) is 23.0 Å². The van der Waals surface area contributed by atoms with Crippen LogP contribution < -0.4 is 30.4 Å². The molecule has 6 aromatic carbocycles. The number of hydrogen-bond acceptors (Lipinski definition) is 12. The minimum absolute atomic E-state index is 0.00905. The normalized spacial score (nSPS) is 13.0. The van der Waals surface area contributed by atoms with Crippen molar-refractivity contribution in [2.75, 3.05) is 11.5 Å². The van der Waals surface area contributed by atoms with Crippen LogP contribution >= 0.6 is 0 Å². The summed E-state index contributed by atoms with van der Waals surface area (Å²) in [5.74, 6) is -5.08. The SMILES string of the molecule is Nc1ccc(CC(Cc2ccc(N)cc2)(C(O)C(=O)/C=C/c2ccc(C(=O)Oc3ccc(OC(F)(F)C(F)F)cc3)cc2)C(O)C(=O)/C=C/c2ccc(C(=O)Oc3ccc(OC(F)(F)C(F)F)cc3)cc2)cc1. The number of aliphatic hydroxyl groups is 2. The van der Waals surface area contributed by atoms with Crippen LogP contribution in [0.1, 0.15) is 43.0 Å². The number of esters is 2. The summed E-state index contributed by atoms with van der Waals surface area (Å²) < 4.78 is 121. The molecule has 6 rings (SSSR count). The molecule has 0 aliphatic carbocycles. The van der Waals surface area contributed by atoms with E-state index in [1.807, 2.05) is 0 Å². The maximum Gasteiger partial charge on any atom is 0.461 e. The van der Waals surface area contributed by atoms with Gasteiger partial charge in [0.2, 0.25) is 0 Å². The molecule has 2 unspecified atom stereocenters. The number of rotatable bonds is 22. The van der Waals surface area contributed by atoms with Crippen LogP contribution in [0, 0.1) is 5.41 Å². The third-order valence-electron chi connectivity index (χ3n) is 10.9. The van der Waals surface area contributed by atoms with Gasteiger partial charge in [0.05, 0.1) is 11.1 Å². The predicted molar refractivity (Wildman–Crippen MR) is 250 cm³/mol. The second kappa shape index (κ2) is 23.2. The summed E-state index contributed by atoms with van der Waals surface area (Å²) in [6.45, 7) is 0. The molecule has 0 fully saturated rings. The lowest BCUT2D eigenvalue weighted by atomic mass is 9.66. The smallest absolute Gasteiger partial charge is 0.428 e. The summed E-state index contributed by atoms with van der Waals surface area (Å²) in [6.07, 6.45) is -17.6. The minimum Gasteiger partial charge on any atom is -0.428 e. The van der Waals surface area contributed by atoms with E-state index in [1.165, 1.54) is 60.7 Å². The number of hydrogen-bond donors (Lipinski definition) is 4. The first-order valence-corrected chi connectivity index (χ1v) is 21.6. The molecule has 0 aliphatic heterocycles. The maximum absolute atomic E-state index is 14.1. The second-order valence-corrected chi connectivity index (χ2v) is 16.2. The second-order valence-electron chi connectivity index (χ2n) is 16.2. The van der Waals surface area contributed by atoms with Gasteiger partial charge in [-0.3, -0.25) is 9.59 Å². The lowest BCUT2D eigenvalue weighted by Gasteiger charge is -2.40. The van der Waals surface area contributed by atoms with Crippen LogP contribution in [0.4, 0.5) is 46.5 Å². The Bertz CT molecular complexity index is 2720. The Morgan fingerprint density at radius 1 is 0.466 bits per heavy atom. The van der Waals surface area contributed by atoms with Gasteiger partial charge in [0.25, 0.3) is 0 Å². The first-order chi connectivity index (χ1) is 34.5. The number of benzene rings is 6. The molecule has 20 heteroatoms. The Balaban J connectivity index is 1.19. The molecule has 2 atom stereocenters. The monoisotopic (exact) mass is 1020 g/mol. The quantitative estimate of drug-likeness (QED) is 0.0165. The van der Waals surface area contributed by atoms with Crippen molar-refractivity contribution in [2.45, 2.75) is 50.1 Å². The van der Waals surface area contributed by atoms with Gasteiger partial charge in [0.1, 0.15) is 35.2 Å². The summed E-state index contributed by atoms with van der Waals surface area (Å²) in [5, 5.41) is 24.3. The number of nitrogen functional groups attached to an aromatic ring is 2. The summed E-state index contributed by atoms with van der Waals surface area (Å²) in [5.41, 5.74) is 12.4. The Labute approximate surface area is 410 Å². The molecule has 0 aliphatic rings. The van der Waals surface area contributed by atoms with Crippen molar-refractivity contribution < 1.29 is 83.5 Å². The van der Waals surface area contributed by atoms with Crippen LogP contribution in [0.3, 0.4) is 0 Å². The van der Waals surface area contributed by atoms with Gasteiger partial charge in [-0.1, -0.05) is 60.7 Å². The van der Waals surface area contributed by atoms with Crippen LogP contribution in [0.2, 0.25) is 0 Å². The molecule has 0 bridgehead atoms. The van der Waals surface area contributed by atoms with Gasteiger partial charge in [0, 0.05) is 16.8 Å². The molecule has 0 amide bonds. The molecule has 6 aromatic rings. The van der Waals surface area contributed by atoms with Gasteiger partial charge in [-0.25, -0.2) is 9.59 Å². The Morgan fingerprint density at radius 2 is 0.767 bits per heavy atom. The fourth-order valence-electron chi connectivity index (χ4n) is 7.08. The lowest BCUT2D eigenvalue weighted by Crippen LogP contribution is -2.54. The fraction of sp³-hybridized carbons (Fsp3) is 0.170. The molecule has 12 nitrogen and oxygen atoms in total. The predicted octanol–water partition coefficient (Wildman–Crippen LogP) is 9.82. The highest BCUT2D eigenvalue weighted by molar-refractivity contribution is 6.01. The zero-order valence-corrected chi connectivity index (χ0v) is 37.7. The van der Waals surface area contributed by atoms with Gasteiger partial charge in [-0.2, -0.15) is 35.1 Å². The lowest BCUT2D eigenvalue weighted by molar-refractivity contribution is -0.253. The molecule has 380 valence electrons. The molecular weight excluding hydrogens is 977 g/mol. The maximum atomic E-state index is 14.1. The average molecular weight is 1020 g/mol. The van der Waals surface area contributed by atoms with Gasteiger partial charge in [0.15, 0.2) is 11.6 Å². The highest BCUT2D eigenvalue weighted by atomic mass is 19.3. The topological polar surface area (TPSA) is 198 Å². The van der Waals surface area contributed by atoms with E-state index in [0.29, 0.717) is 33.6 Å². The molecule has 0 saturated carbocycles. The zero-order chi connectivity index (χ0) is 53.1. The number of aliphatic hydroxyl groups excluding tert-OH is 2. The number of ether oxygens (including phenoxy) is 4. The number of alkyl halides is 8. The van der Waals surface area contributed by atoms with Crippen molar-refractivity contribution in [1.29, 1.82) is 0 Å². The van der Waals surface area contributed by atoms with Crippen LogP contribution in [0.15, 0.2) is 158 Å². The van der Waals surface area contributed by atoms with Gasteiger partial charge in [-0.15, -0.1) is 0 Å². The standard InChI is InChI=1S/C53H42F8N2O10/c54-49(55)52(58,59)72-41-23-19-39(20-24-41)70-47(68)35-11-1-31(2-12-35)9-27-43(64)45(66)51(29-33-5-15-37(62)16-6-33,30-34-7-17-38(63)18-8-34)46(67)44(65)28-10-32-3-13-36(14-4-32)48(69)71-40-21-25-42(26-22-40)73-53(60,61)50(56)57/h1-28,45-46,49-50,66-67H,29-30,62-63H2/b27-9+,28-10+. The van der Waals surface area contributed by atoms with Crippen molar-refractivity contribution in [2.24, 2.45) is 5.41 Å². The number of anilines is 2. The Hall–Kier alpha value is -8.36.